The number of carboxylic acid groups (broad SMARTS) is 1. The monoisotopic (exact) mass is 532 g/mol. The van der Waals surface area contributed by atoms with Crippen molar-refractivity contribution in [3.63, 3.8) is 0 Å². The fraction of sp³-hybridized carbons (Fsp3) is 0.323. The van der Waals surface area contributed by atoms with Gasteiger partial charge >= 0.3 is 5.97 Å². The first-order chi connectivity index (χ1) is 18.3. The number of nitrogens with zero attached hydrogens (tertiary/aromatic N) is 1. The Morgan fingerprint density at radius 3 is 2.79 bits per heavy atom. The van der Waals surface area contributed by atoms with Gasteiger partial charge in [-0.25, -0.2) is 9.37 Å². The number of aromatic nitrogens is 1. The van der Waals surface area contributed by atoms with Gasteiger partial charge in [0, 0.05) is 28.3 Å². The second kappa shape index (κ2) is 11.1. The summed E-state index contributed by atoms with van der Waals surface area (Å²) in [4.78, 5) is 29.1. The number of nitrogens with one attached hydrogen (secondary N) is 1. The summed E-state index contributed by atoms with van der Waals surface area (Å²) in [6.07, 6.45) is 7.91. The van der Waals surface area contributed by atoms with E-state index in [-0.39, 0.29) is 24.3 Å². The summed E-state index contributed by atoms with van der Waals surface area (Å²) >= 11 is 6.13. The summed E-state index contributed by atoms with van der Waals surface area (Å²) in [7, 11) is 0. The number of allylic oxidation sites excluding steroid dienone is 4. The third kappa shape index (κ3) is 5.65. The van der Waals surface area contributed by atoms with E-state index >= 15 is 0 Å². The fourth-order valence-corrected chi connectivity index (χ4v) is 5.53. The van der Waals surface area contributed by atoms with Crippen LogP contribution in [0.2, 0.25) is 5.02 Å². The normalized spacial score (nSPS) is 20.3. The van der Waals surface area contributed by atoms with Crippen LogP contribution in [0.5, 0.6) is 0 Å². The zero-order valence-corrected chi connectivity index (χ0v) is 22.0. The average Bonchev–Trinajstić information content (AvgIpc) is 3.28. The number of aryl methyl sites for hydroxylation is 2. The summed E-state index contributed by atoms with van der Waals surface area (Å²) < 4.78 is 14.1. The Labute approximate surface area is 226 Å². The van der Waals surface area contributed by atoms with Crippen LogP contribution in [-0.4, -0.2) is 28.1 Å². The minimum absolute atomic E-state index is 0.0536. The van der Waals surface area contributed by atoms with E-state index < -0.39 is 12.1 Å². The Hall–Kier alpha value is -3.51. The molecule has 1 heterocycles. The Kier molecular flexibility index (Phi) is 7.61. The van der Waals surface area contributed by atoms with Crippen molar-refractivity contribution >= 4 is 40.0 Å². The number of hydrogen-bond donors (Lipinski definition) is 2. The molecule has 5 rings (SSSR count). The van der Waals surface area contributed by atoms with Crippen molar-refractivity contribution in [2.24, 2.45) is 5.92 Å². The largest absolute Gasteiger partial charge is 0.481 e. The molecule has 2 aliphatic rings. The zero-order valence-electron chi connectivity index (χ0n) is 21.2. The molecule has 0 aliphatic heterocycles. The number of hydrogen-bond acceptors (Lipinski definition) is 3. The Balaban J connectivity index is 1.42. The van der Waals surface area contributed by atoms with Gasteiger partial charge in [0.2, 0.25) is 0 Å². The highest BCUT2D eigenvalue weighted by Crippen LogP contribution is 2.34. The summed E-state index contributed by atoms with van der Waals surface area (Å²) in [5.41, 5.74) is 6.18. The number of aliphatic carboxylic acids is 1. The molecule has 0 fully saturated rings. The maximum Gasteiger partial charge on any atom is 0.303 e. The van der Waals surface area contributed by atoms with E-state index in [1.807, 2.05) is 49.4 Å². The fourth-order valence-electron chi connectivity index (χ4n) is 5.33. The summed E-state index contributed by atoms with van der Waals surface area (Å²) in [5, 5.41) is 13.7. The molecule has 0 saturated heterocycles. The first-order valence-corrected chi connectivity index (χ1v) is 13.5. The Morgan fingerprint density at radius 2 is 2.00 bits per heavy atom. The Morgan fingerprint density at radius 1 is 1.16 bits per heavy atom. The quantitative estimate of drug-likeness (QED) is 0.305. The minimum atomic E-state index is -1.02. The van der Waals surface area contributed by atoms with Gasteiger partial charge in [-0.2, -0.15) is 0 Å². The number of amides is 1. The Bertz CT molecular complexity index is 1470. The van der Waals surface area contributed by atoms with Gasteiger partial charge in [0.05, 0.1) is 17.3 Å². The highest BCUT2D eigenvalue weighted by Gasteiger charge is 2.25. The van der Waals surface area contributed by atoms with Gasteiger partial charge in [0.25, 0.3) is 5.91 Å². The molecule has 7 heteroatoms. The standard InChI is InChI=1S/C31H30ClFN2O3/c1-18-14-21(6-11-26(18)33)30-20(4-2-3-5-29(36)37)15-23-16-22(8-12-27(23)34-30)31(38)35-28-13-7-19-17-24(32)9-10-25(19)28/h6,8-12,14-18,26,28H,2-5,7,13H2,1H3,(H,35,38)(H,36,37). The van der Waals surface area contributed by atoms with Crippen LogP contribution in [0.15, 0.2) is 60.7 Å². The number of benzene rings is 2. The number of carboxylic acids is 1. The lowest BCUT2D eigenvalue weighted by Gasteiger charge is -2.19. The number of fused-ring (bicyclic) bond motifs is 2. The SMILES string of the molecule is CC1C=C(c2nc3ccc(C(=O)NC4CCc5cc(Cl)ccc54)cc3cc2CCCCC(=O)O)C=CC1F. The number of unbranched alkanes of at least 4 members (excludes halogenated alkanes) is 1. The van der Waals surface area contributed by atoms with Crippen LogP contribution in [0.4, 0.5) is 4.39 Å². The molecule has 3 aromatic rings. The van der Waals surface area contributed by atoms with Crippen molar-refractivity contribution in [2.45, 2.75) is 57.7 Å². The molecule has 1 aromatic heterocycles. The van der Waals surface area contributed by atoms with E-state index in [0.717, 1.165) is 46.1 Å². The molecule has 2 aliphatic carbocycles. The zero-order chi connectivity index (χ0) is 26.8. The molecule has 5 nitrogen and oxygen atoms in total. The van der Waals surface area contributed by atoms with Crippen LogP contribution < -0.4 is 5.32 Å². The molecular formula is C31H30ClFN2O3. The van der Waals surface area contributed by atoms with E-state index in [2.05, 4.69) is 5.32 Å². The minimum Gasteiger partial charge on any atom is -0.481 e. The van der Waals surface area contributed by atoms with Crippen molar-refractivity contribution in [1.29, 1.82) is 0 Å². The molecule has 3 unspecified atom stereocenters. The number of carbonyl (C=O) groups is 2. The van der Waals surface area contributed by atoms with Crippen molar-refractivity contribution in [2.75, 3.05) is 0 Å². The lowest BCUT2D eigenvalue weighted by Crippen LogP contribution is -2.27. The van der Waals surface area contributed by atoms with Gasteiger partial charge in [-0.1, -0.05) is 36.7 Å². The second-order valence-electron chi connectivity index (χ2n) is 10.2. The van der Waals surface area contributed by atoms with Crippen LogP contribution in [0.25, 0.3) is 16.5 Å². The van der Waals surface area contributed by atoms with E-state index in [1.54, 1.807) is 18.2 Å². The predicted octanol–water partition coefficient (Wildman–Crippen LogP) is 7.03. The van der Waals surface area contributed by atoms with Crippen molar-refractivity contribution in [3.8, 4) is 0 Å². The van der Waals surface area contributed by atoms with Crippen LogP contribution >= 0.6 is 11.6 Å². The maximum atomic E-state index is 14.1. The van der Waals surface area contributed by atoms with E-state index in [4.69, 9.17) is 21.7 Å². The van der Waals surface area contributed by atoms with E-state index in [9.17, 15) is 14.0 Å². The van der Waals surface area contributed by atoms with Gasteiger partial charge in [-0.05, 0) is 96.8 Å². The summed E-state index contributed by atoms with van der Waals surface area (Å²) in [6.45, 7) is 1.84. The topological polar surface area (TPSA) is 79.3 Å². The van der Waals surface area contributed by atoms with E-state index in [1.165, 1.54) is 5.56 Å². The third-order valence-electron chi connectivity index (χ3n) is 7.41. The average molecular weight is 533 g/mol. The molecule has 0 spiro atoms. The van der Waals surface area contributed by atoms with E-state index in [0.29, 0.717) is 29.8 Å². The molecule has 1 amide bonds. The number of carbonyl (C=O) groups excluding carboxylic acids is 1. The molecule has 2 N–H and O–H groups in total. The molecule has 2 aromatic carbocycles. The van der Waals surface area contributed by atoms with Crippen LogP contribution in [0.3, 0.4) is 0 Å². The van der Waals surface area contributed by atoms with Gasteiger partial charge in [-0.3, -0.25) is 9.59 Å². The second-order valence-corrected chi connectivity index (χ2v) is 10.6. The van der Waals surface area contributed by atoms with Crippen molar-refractivity contribution in [3.05, 3.63) is 93.7 Å². The summed E-state index contributed by atoms with van der Waals surface area (Å²) in [5.74, 6) is -1.21. The molecule has 0 radical (unpaired) electrons. The van der Waals surface area contributed by atoms with Crippen LogP contribution in [0.1, 0.15) is 71.4 Å². The number of halogens is 2. The predicted molar refractivity (Wildman–Crippen MR) is 148 cm³/mol. The van der Waals surface area contributed by atoms with Gasteiger partial charge in [0.1, 0.15) is 6.17 Å². The molecule has 0 bridgehead atoms. The molecule has 0 saturated carbocycles. The lowest BCUT2D eigenvalue weighted by atomic mass is 9.91. The van der Waals surface area contributed by atoms with Crippen LogP contribution in [0, 0.1) is 5.92 Å². The van der Waals surface area contributed by atoms with Crippen LogP contribution in [-0.2, 0) is 17.6 Å². The maximum absolute atomic E-state index is 14.1. The first kappa shape index (κ1) is 26.1. The molecule has 38 heavy (non-hydrogen) atoms. The number of alkyl halides is 1. The number of pyridine rings is 1. The van der Waals surface area contributed by atoms with Crippen molar-refractivity contribution in [1.82, 2.24) is 10.3 Å². The van der Waals surface area contributed by atoms with Gasteiger partial charge in [0.15, 0.2) is 0 Å². The number of rotatable bonds is 8. The highest BCUT2D eigenvalue weighted by atomic mass is 35.5. The smallest absolute Gasteiger partial charge is 0.303 e. The lowest BCUT2D eigenvalue weighted by molar-refractivity contribution is -0.137. The highest BCUT2D eigenvalue weighted by molar-refractivity contribution is 6.30. The first-order valence-electron chi connectivity index (χ1n) is 13.1. The van der Waals surface area contributed by atoms with Gasteiger partial charge < -0.3 is 10.4 Å². The molecule has 196 valence electrons. The molecular weight excluding hydrogens is 503 g/mol. The third-order valence-corrected chi connectivity index (χ3v) is 7.64. The van der Waals surface area contributed by atoms with Crippen molar-refractivity contribution < 1.29 is 19.1 Å². The molecule has 3 atom stereocenters. The van der Waals surface area contributed by atoms with Gasteiger partial charge in [-0.15, -0.1) is 0 Å². The summed E-state index contributed by atoms with van der Waals surface area (Å²) in [6, 6.07) is 13.3.